The molecule has 0 radical (unpaired) electrons. The third-order valence-electron chi connectivity index (χ3n) is 4.23. The zero-order valence-corrected chi connectivity index (χ0v) is 13.5. The van der Waals surface area contributed by atoms with Crippen LogP contribution in [0, 0.1) is 0 Å². The molecule has 3 aromatic rings. The smallest absolute Gasteiger partial charge is 0.388 e. The van der Waals surface area contributed by atoms with Crippen LogP contribution in [0.15, 0.2) is 58.0 Å². The highest BCUT2D eigenvalue weighted by atomic mass is 16.4. The van der Waals surface area contributed by atoms with Crippen LogP contribution < -0.4 is 10.7 Å². The second kappa shape index (κ2) is 6.35. The molecule has 0 N–H and O–H groups in total. The molecule has 2 aromatic heterocycles. The lowest BCUT2D eigenvalue weighted by atomic mass is 10.0. The zero-order valence-electron chi connectivity index (χ0n) is 13.5. The molecular weight excluding hydrogens is 320 g/mol. The van der Waals surface area contributed by atoms with Crippen LogP contribution in [-0.4, -0.2) is 27.2 Å². The van der Waals surface area contributed by atoms with Gasteiger partial charge in [-0.05, 0) is 36.6 Å². The molecule has 25 heavy (non-hydrogen) atoms. The quantitative estimate of drug-likeness (QED) is 0.729. The van der Waals surface area contributed by atoms with Gasteiger partial charge in [0.05, 0.1) is 0 Å². The Morgan fingerprint density at radius 2 is 1.96 bits per heavy atom. The Morgan fingerprint density at radius 3 is 2.80 bits per heavy atom. The van der Waals surface area contributed by atoms with Crippen LogP contribution in [0.1, 0.15) is 12.0 Å². The number of hydrogen-bond acceptors (Lipinski definition) is 5. The normalized spacial score (nSPS) is 13.5. The molecule has 7 nitrogen and oxygen atoms in total. The van der Waals surface area contributed by atoms with Crippen molar-refractivity contribution in [2.24, 2.45) is 0 Å². The summed E-state index contributed by atoms with van der Waals surface area (Å²) >= 11 is 0. The van der Waals surface area contributed by atoms with Gasteiger partial charge in [-0.2, -0.15) is 4.68 Å². The number of hydrogen-bond donors (Lipinski definition) is 0. The molecule has 0 bridgehead atoms. The van der Waals surface area contributed by atoms with Gasteiger partial charge < -0.3 is 9.32 Å². The van der Waals surface area contributed by atoms with Gasteiger partial charge in [-0.25, -0.2) is 4.79 Å². The number of rotatable bonds is 3. The highest BCUT2D eigenvalue weighted by Gasteiger charge is 2.23. The van der Waals surface area contributed by atoms with Gasteiger partial charge in [0.25, 0.3) is 0 Å². The number of benzene rings is 1. The van der Waals surface area contributed by atoms with Crippen molar-refractivity contribution in [2.45, 2.75) is 19.4 Å². The second-order valence-corrected chi connectivity index (χ2v) is 5.84. The molecule has 0 saturated carbocycles. The van der Waals surface area contributed by atoms with Gasteiger partial charge in [0.1, 0.15) is 6.54 Å². The van der Waals surface area contributed by atoms with E-state index in [1.807, 2.05) is 24.3 Å². The topological polar surface area (TPSA) is 81.2 Å². The lowest BCUT2D eigenvalue weighted by molar-refractivity contribution is -0.119. The van der Waals surface area contributed by atoms with Crippen LogP contribution in [-0.2, 0) is 17.8 Å². The summed E-state index contributed by atoms with van der Waals surface area (Å²) in [6, 6.07) is 11.2. The number of aromatic nitrogens is 3. The molecule has 4 rings (SSSR count). The van der Waals surface area contributed by atoms with Crippen molar-refractivity contribution < 1.29 is 9.21 Å². The van der Waals surface area contributed by atoms with Crippen LogP contribution in [0.4, 0.5) is 5.69 Å². The Balaban J connectivity index is 1.58. The van der Waals surface area contributed by atoms with Gasteiger partial charge in [0, 0.05) is 30.2 Å². The lowest BCUT2D eigenvalue weighted by Gasteiger charge is -2.29. The van der Waals surface area contributed by atoms with E-state index in [2.05, 4.69) is 10.1 Å². The van der Waals surface area contributed by atoms with Crippen LogP contribution in [0.5, 0.6) is 0 Å². The number of carbonyl (C=O) groups excluding carboxylic acids is 1. The van der Waals surface area contributed by atoms with Gasteiger partial charge in [0.2, 0.25) is 11.8 Å². The monoisotopic (exact) mass is 336 g/mol. The maximum absolute atomic E-state index is 12.7. The lowest BCUT2D eigenvalue weighted by Crippen LogP contribution is -2.39. The average molecular weight is 336 g/mol. The highest BCUT2D eigenvalue weighted by molar-refractivity contribution is 5.94. The largest absolute Gasteiger partial charge is 0.437 e. The van der Waals surface area contributed by atoms with Crippen molar-refractivity contribution >= 4 is 11.6 Å². The Morgan fingerprint density at radius 1 is 1.16 bits per heavy atom. The predicted octanol–water partition coefficient (Wildman–Crippen LogP) is 1.88. The van der Waals surface area contributed by atoms with E-state index in [9.17, 15) is 9.59 Å². The number of anilines is 1. The van der Waals surface area contributed by atoms with E-state index in [0.29, 0.717) is 12.1 Å². The summed E-state index contributed by atoms with van der Waals surface area (Å²) in [7, 11) is 0. The minimum Gasteiger partial charge on any atom is -0.388 e. The second-order valence-electron chi connectivity index (χ2n) is 5.84. The SMILES string of the molecule is O=C(Cn1nc(-c2ccncc2)oc1=O)N1CCCc2ccccc21. The van der Waals surface area contributed by atoms with Crippen LogP contribution >= 0.6 is 0 Å². The highest BCUT2D eigenvalue weighted by Crippen LogP contribution is 2.26. The molecular formula is C18H16N4O3. The van der Waals surface area contributed by atoms with E-state index in [1.54, 1.807) is 29.4 Å². The Labute approximate surface area is 143 Å². The van der Waals surface area contributed by atoms with Crippen LogP contribution in [0.25, 0.3) is 11.5 Å². The molecule has 7 heteroatoms. The molecule has 0 fully saturated rings. The zero-order chi connectivity index (χ0) is 17.2. The number of fused-ring (bicyclic) bond motifs is 1. The van der Waals surface area contributed by atoms with E-state index in [-0.39, 0.29) is 18.3 Å². The first kappa shape index (κ1) is 15.3. The molecule has 0 aliphatic carbocycles. The summed E-state index contributed by atoms with van der Waals surface area (Å²) in [5, 5.41) is 4.13. The third kappa shape index (κ3) is 2.96. The first-order chi connectivity index (χ1) is 12.2. The van der Waals surface area contributed by atoms with Crippen molar-refractivity contribution in [1.82, 2.24) is 14.8 Å². The van der Waals surface area contributed by atoms with E-state index >= 15 is 0 Å². The Hall–Kier alpha value is -3.22. The van der Waals surface area contributed by atoms with Crippen molar-refractivity contribution in [1.29, 1.82) is 0 Å². The number of aryl methyl sites for hydroxylation is 1. The minimum absolute atomic E-state index is 0.151. The first-order valence-electron chi connectivity index (χ1n) is 8.09. The molecule has 1 aromatic carbocycles. The average Bonchev–Trinajstić information content (AvgIpc) is 3.02. The van der Waals surface area contributed by atoms with Crippen LogP contribution in [0.2, 0.25) is 0 Å². The van der Waals surface area contributed by atoms with Gasteiger partial charge in [-0.15, -0.1) is 5.10 Å². The molecule has 1 aliphatic rings. The number of pyridine rings is 1. The van der Waals surface area contributed by atoms with Gasteiger partial charge >= 0.3 is 5.76 Å². The van der Waals surface area contributed by atoms with Gasteiger partial charge in [-0.3, -0.25) is 9.78 Å². The summed E-state index contributed by atoms with van der Waals surface area (Å²) < 4.78 is 6.22. The first-order valence-corrected chi connectivity index (χ1v) is 8.09. The summed E-state index contributed by atoms with van der Waals surface area (Å²) in [5.74, 6) is -0.645. The van der Waals surface area contributed by atoms with Crippen LogP contribution in [0.3, 0.4) is 0 Å². The molecule has 1 aliphatic heterocycles. The fourth-order valence-corrected chi connectivity index (χ4v) is 3.02. The summed E-state index contributed by atoms with van der Waals surface area (Å²) in [6.45, 7) is 0.488. The molecule has 3 heterocycles. The molecule has 0 atom stereocenters. The third-order valence-corrected chi connectivity index (χ3v) is 4.23. The number of nitrogens with zero attached hydrogens (tertiary/aromatic N) is 4. The molecule has 1 amide bonds. The standard InChI is InChI=1S/C18H16N4O3/c23-16(21-11-3-5-13-4-1-2-6-15(13)21)12-22-18(24)25-17(20-22)14-7-9-19-10-8-14/h1-2,4,6-10H,3,5,11-12H2. The molecule has 126 valence electrons. The molecule has 0 spiro atoms. The van der Waals surface area contributed by atoms with Gasteiger partial charge in [-0.1, -0.05) is 18.2 Å². The summed E-state index contributed by atoms with van der Waals surface area (Å²) in [5.41, 5.74) is 2.69. The van der Waals surface area contributed by atoms with Crippen molar-refractivity contribution in [2.75, 3.05) is 11.4 Å². The maximum Gasteiger partial charge on any atom is 0.437 e. The summed E-state index contributed by atoms with van der Waals surface area (Å²) in [6.07, 6.45) is 5.03. The van der Waals surface area contributed by atoms with Crippen molar-refractivity contribution in [3.63, 3.8) is 0 Å². The Kier molecular flexibility index (Phi) is 3.89. The number of para-hydroxylation sites is 1. The van der Waals surface area contributed by atoms with E-state index in [0.717, 1.165) is 28.8 Å². The maximum atomic E-state index is 12.7. The number of carbonyl (C=O) groups is 1. The van der Waals surface area contributed by atoms with Crippen molar-refractivity contribution in [3.8, 4) is 11.5 Å². The fourth-order valence-electron chi connectivity index (χ4n) is 3.02. The van der Waals surface area contributed by atoms with Gasteiger partial charge in [0.15, 0.2) is 0 Å². The predicted molar refractivity (Wildman–Crippen MR) is 91.1 cm³/mol. The van der Waals surface area contributed by atoms with E-state index in [1.165, 1.54) is 0 Å². The minimum atomic E-state index is -0.648. The Bertz CT molecular complexity index is 962. The fraction of sp³-hybridized carbons (Fsp3) is 0.222. The number of amides is 1. The van der Waals surface area contributed by atoms with E-state index in [4.69, 9.17) is 4.42 Å². The molecule has 0 unspecified atom stereocenters. The summed E-state index contributed by atoms with van der Waals surface area (Å²) in [4.78, 5) is 30.4. The van der Waals surface area contributed by atoms with E-state index < -0.39 is 5.76 Å². The molecule has 0 saturated heterocycles. The van der Waals surface area contributed by atoms with Crippen molar-refractivity contribution in [3.05, 3.63) is 64.9 Å².